The summed E-state index contributed by atoms with van der Waals surface area (Å²) in [7, 11) is 0. The molecule has 0 bridgehead atoms. The molecule has 0 aliphatic heterocycles. The highest BCUT2D eigenvalue weighted by Crippen LogP contribution is 2.41. The van der Waals surface area contributed by atoms with Crippen molar-refractivity contribution in [2.24, 2.45) is 11.7 Å². The third-order valence-electron chi connectivity index (χ3n) is 3.75. The van der Waals surface area contributed by atoms with Crippen LogP contribution in [0, 0.1) is 5.92 Å². The van der Waals surface area contributed by atoms with E-state index in [4.69, 9.17) is 17.3 Å². The van der Waals surface area contributed by atoms with Crippen LogP contribution in [-0.2, 0) is 0 Å². The van der Waals surface area contributed by atoms with Gasteiger partial charge in [-0.25, -0.2) is 0 Å². The molecule has 1 aliphatic rings. The fourth-order valence-electron chi connectivity index (χ4n) is 2.95. The van der Waals surface area contributed by atoms with Crippen LogP contribution in [0.3, 0.4) is 0 Å². The Morgan fingerprint density at radius 2 is 1.94 bits per heavy atom. The number of hydrogen-bond acceptors (Lipinski definition) is 1. The van der Waals surface area contributed by atoms with Crippen molar-refractivity contribution in [3.8, 4) is 0 Å². The molecule has 1 saturated carbocycles. The average molecular weight is 238 g/mol. The molecule has 1 aliphatic carbocycles. The number of rotatable bonds is 3. The first-order valence-electron chi connectivity index (χ1n) is 6.27. The van der Waals surface area contributed by atoms with Crippen molar-refractivity contribution in [1.29, 1.82) is 0 Å². The predicted octanol–water partition coefficient (Wildman–Crippen LogP) is 3.96. The highest BCUT2D eigenvalue weighted by molar-refractivity contribution is 6.31. The average Bonchev–Trinajstić information content (AvgIpc) is 2.31. The lowest BCUT2D eigenvalue weighted by Crippen LogP contribution is -2.21. The van der Waals surface area contributed by atoms with Crippen molar-refractivity contribution < 1.29 is 0 Å². The highest BCUT2D eigenvalue weighted by Gasteiger charge is 2.26. The maximum atomic E-state index is 6.29. The molecule has 2 heteroatoms. The topological polar surface area (TPSA) is 26.0 Å². The van der Waals surface area contributed by atoms with Gasteiger partial charge in [-0.15, -0.1) is 0 Å². The molecule has 0 radical (unpaired) electrons. The summed E-state index contributed by atoms with van der Waals surface area (Å²) in [6.07, 6.45) is 6.40. The maximum absolute atomic E-state index is 6.29. The minimum atomic E-state index is 0.631. The first-order chi connectivity index (χ1) is 7.83. The molecule has 2 unspecified atom stereocenters. The van der Waals surface area contributed by atoms with E-state index in [0.29, 0.717) is 5.92 Å². The fraction of sp³-hybridized carbons (Fsp3) is 0.571. The molecule has 2 rings (SSSR count). The molecule has 1 aromatic carbocycles. The molecule has 0 saturated heterocycles. The smallest absolute Gasteiger partial charge is 0.0440 e. The van der Waals surface area contributed by atoms with Gasteiger partial charge in [0.1, 0.15) is 0 Å². The van der Waals surface area contributed by atoms with Gasteiger partial charge in [-0.2, -0.15) is 0 Å². The van der Waals surface area contributed by atoms with Crippen LogP contribution < -0.4 is 5.73 Å². The van der Waals surface area contributed by atoms with Crippen molar-refractivity contribution in [2.45, 2.75) is 38.0 Å². The minimum Gasteiger partial charge on any atom is -0.330 e. The van der Waals surface area contributed by atoms with Crippen LogP contribution >= 0.6 is 11.6 Å². The summed E-state index contributed by atoms with van der Waals surface area (Å²) in [6.45, 7) is 0.797. The Labute approximate surface area is 103 Å². The van der Waals surface area contributed by atoms with Crippen molar-refractivity contribution in [1.82, 2.24) is 0 Å². The zero-order valence-electron chi connectivity index (χ0n) is 9.66. The summed E-state index contributed by atoms with van der Waals surface area (Å²) in [6, 6.07) is 8.29. The van der Waals surface area contributed by atoms with Crippen molar-refractivity contribution in [3.05, 3.63) is 34.9 Å². The molecule has 2 N–H and O–H groups in total. The van der Waals surface area contributed by atoms with Gasteiger partial charge in [-0.1, -0.05) is 42.6 Å². The van der Waals surface area contributed by atoms with E-state index in [2.05, 4.69) is 12.1 Å². The van der Waals surface area contributed by atoms with E-state index in [1.807, 2.05) is 12.1 Å². The van der Waals surface area contributed by atoms with Crippen LogP contribution in [-0.4, -0.2) is 6.54 Å². The lowest BCUT2D eigenvalue weighted by Gasteiger charge is -2.32. The molecule has 0 heterocycles. The molecular formula is C14H20ClN. The Bertz CT molecular complexity index is 335. The molecule has 0 aromatic heterocycles. The summed E-state index contributed by atoms with van der Waals surface area (Å²) in [5.41, 5.74) is 7.04. The van der Waals surface area contributed by atoms with E-state index < -0.39 is 0 Å². The van der Waals surface area contributed by atoms with E-state index in [9.17, 15) is 0 Å². The Morgan fingerprint density at radius 1 is 1.19 bits per heavy atom. The van der Waals surface area contributed by atoms with E-state index in [1.165, 1.54) is 31.2 Å². The van der Waals surface area contributed by atoms with Crippen LogP contribution in [0.4, 0.5) is 0 Å². The molecule has 0 amide bonds. The van der Waals surface area contributed by atoms with Crippen molar-refractivity contribution in [3.63, 3.8) is 0 Å². The Kier molecular flexibility index (Phi) is 4.25. The summed E-state index contributed by atoms with van der Waals surface area (Å²) >= 11 is 6.29. The van der Waals surface area contributed by atoms with E-state index in [0.717, 1.165) is 23.9 Å². The summed E-state index contributed by atoms with van der Waals surface area (Å²) in [5, 5.41) is 0.927. The monoisotopic (exact) mass is 237 g/mol. The van der Waals surface area contributed by atoms with Gasteiger partial charge in [0, 0.05) is 5.02 Å². The van der Waals surface area contributed by atoms with Crippen LogP contribution in [0.25, 0.3) is 0 Å². The van der Waals surface area contributed by atoms with Crippen LogP contribution in [0.2, 0.25) is 5.02 Å². The summed E-state index contributed by atoms with van der Waals surface area (Å²) < 4.78 is 0. The lowest BCUT2D eigenvalue weighted by molar-refractivity contribution is 0.294. The first kappa shape index (κ1) is 11.9. The Balaban J connectivity index is 2.19. The molecule has 1 aromatic rings. The quantitative estimate of drug-likeness (QED) is 0.846. The van der Waals surface area contributed by atoms with Crippen LogP contribution in [0.15, 0.2) is 24.3 Å². The van der Waals surface area contributed by atoms with Crippen molar-refractivity contribution in [2.75, 3.05) is 6.54 Å². The molecule has 88 valence electrons. The second kappa shape index (κ2) is 5.70. The van der Waals surface area contributed by atoms with Crippen LogP contribution in [0.1, 0.15) is 43.6 Å². The molecule has 1 nitrogen and oxygen atoms in total. The lowest BCUT2D eigenvalue weighted by atomic mass is 9.74. The van der Waals surface area contributed by atoms with Gasteiger partial charge < -0.3 is 5.73 Å². The van der Waals surface area contributed by atoms with Gasteiger partial charge in [0.25, 0.3) is 0 Å². The predicted molar refractivity (Wildman–Crippen MR) is 69.8 cm³/mol. The van der Waals surface area contributed by atoms with Crippen LogP contribution in [0.5, 0.6) is 0 Å². The third kappa shape index (κ3) is 2.58. The zero-order valence-corrected chi connectivity index (χ0v) is 10.4. The standard InChI is InChI=1S/C14H20ClN/c15-14-8-4-3-7-13(14)12-6-2-1-5-11(12)9-10-16/h3-4,7-8,11-12H,1-2,5-6,9-10,16H2. The highest BCUT2D eigenvalue weighted by atomic mass is 35.5. The second-order valence-corrected chi connectivity index (χ2v) is 5.16. The van der Waals surface area contributed by atoms with Gasteiger partial charge in [-0.05, 0) is 49.3 Å². The van der Waals surface area contributed by atoms with Crippen molar-refractivity contribution >= 4 is 11.6 Å². The third-order valence-corrected chi connectivity index (χ3v) is 4.10. The van der Waals surface area contributed by atoms with Gasteiger partial charge in [0.2, 0.25) is 0 Å². The first-order valence-corrected chi connectivity index (χ1v) is 6.65. The zero-order chi connectivity index (χ0) is 11.4. The van der Waals surface area contributed by atoms with Gasteiger partial charge in [-0.3, -0.25) is 0 Å². The van der Waals surface area contributed by atoms with E-state index in [1.54, 1.807) is 0 Å². The summed E-state index contributed by atoms with van der Waals surface area (Å²) in [4.78, 5) is 0. The molecule has 1 fully saturated rings. The van der Waals surface area contributed by atoms with Gasteiger partial charge in [0.05, 0.1) is 0 Å². The minimum absolute atomic E-state index is 0.631. The largest absolute Gasteiger partial charge is 0.330 e. The number of nitrogens with two attached hydrogens (primary N) is 1. The van der Waals surface area contributed by atoms with E-state index >= 15 is 0 Å². The van der Waals surface area contributed by atoms with Gasteiger partial charge >= 0.3 is 0 Å². The Morgan fingerprint density at radius 3 is 2.69 bits per heavy atom. The van der Waals surface area contributed by atoms with E-state index in [-0.39, 0.29) is 0 Å². The normalized spacial score (nSPS) is 25.6. The number of benzene rings is 1. The SMILES string of the molecule is NCCC1CCCCC1c1ccccc1Cl. The molecular weight excluding hydrogens is 218 g/mol. The fourth-order valence-corrected chi connectivity index (χ4v) is 3.23. The maximum Gasteiger partial charge on any atom is 0.0440 e. The molecule has 16 heavy (non-hydrogen) atoms. The number of halogens is 1. The Hall–Kier alpha value is -0.530. The van der Waals surface area contributed by atoms with Gasteiger partial charge in [0.15, 0.2) is 0 Å². The summed E-state index contributed by atoms with van der Waals surface area (Å²) in [5.74, 6) is 1.37. The molecule has 0 spiro atoms. The second-order valence-electron chi connectivity index (χ2n) is 4.75. The number of hydrogen-bond donors (Lipinski definition) is 1. The molecule has 2 atom stereocenters.